The van der Waals surface area contributed by atoms with E-state index in [2.05, 4.69) is 10.9 Å². The van der Waals surface area contributed by atoms with Crippen LogP contribution in [0.2, 0.25) is 0 Å². The number of hydrogen-bond acceptors (Lipinski definition) is 4. The number of unbranched alkanes of at least 4 members (excludes halogenated alkanes) is 2. The fourth-order valence-electron chi connectivity index (χ4n) is 3.50. The van der Waals surface area contributed by atoms with Crippen molar-refractivity contribution in [2.45, 2.75) is 51.0 Å². The average Bonchev–Trinajstić information content (AvgIpc) is 3.17. The summed E-state index contributed by atoms with van der Waals surface area (Å²) >= 11 is 1.16. The predicted molar refractivity (Wildman–Crippen MR) is 134 cm³/mol. The molecule has 1 amide bonds. The van der Waals surface area contributed by atoms with E-state index < -0.39 is 21.7 Å². The molecule has 0 aliphatic rings. The number of halogens is 1. The van der Waals surface area contributed by atoms with Crippen molar-refractivity contribution in [3.63, 3.8) is 0 Å². The number of hydrogen-bond donors (Lipinski definition) is 0. The number of aromatic nitrogens is 1. The summed E-state index contributed by atoms with van der Waals surface area (Å²) in [6.45, 7) is 5.04. The molecule has 0 aliphatic heterocycles. The van der Waals surface area contributed by atoms with Crippen LogP contribution in [0.3, 0.4) is 0 Å². The lowest BCUT2D eigenvalue weighted by molar-refractivity contribution is 0.0997. The van der Waals surface area contributed by atoms with Gasteiger partial charge in [-0.15, -0.1) is 6.42 Å². The molecule has 9 heteroatoms. The number of para-hydroxylation sites is 1. The fraction of sp³-hybridized carbons (Fsp3) is 0.360. The molecular weight excluding hydrogens is 473 g/mol. The van der Waals surface area contributed by atoms with Crippen molar-refractivity contribution in [3.05, 3.63) is 58.6 Å². The molecule has 0 unspecified atom stereocenters. The number of nitrogens with zero attached hydrogens (tertiary/aromatic N) is 3. The van der Waals surface area contributed by atoms with E-state index in [0.717, 1.165) is 37.0 Å². The lowest BCUT2D eigenvalue weighted by Gasteiger charge is -2.22. The first-order valence-corrected chi connectivity index (χ1v) is 13.5. The zero-order valence-electron chi connectivity index (χ0n) is 19.3. The van der Waals surface area contributed by atoms with Crippen LogP contribution in [0.15, 0.2) is 52.4 Å². The van der Waals surface area contributed by atoms with Crippen LogP contribution in [0, 0.1) is 18.2 Å². The molecule has 180 valence electrons. The van der Waals surface area contributed by atoms with Crippen LogP contribution < -0.4 is 4.80 Å². The Bertz CT molecular complexity index is 1360. The highest BCUT2D eigenvalue weighted by molar-refractivity contribution is 7.89. The smallest absolute Gasteiger partial charge is 0.279 e. The molecule has 0 saturated carbocycles. The molecule has 1 aromatic heterocycles. The van der Waals surface area contributed by atoms with E-state index in [0.29, 0.717) is 23.3 Å². The first-order valence-electron chi connectivity index (χ1n) is 11.2. The van der Waals surface area contributed by atoms with Crippen LogP contribution in [0.25, 0.3) is 10.2 Å². The summed E-state index contributed by atoms with van der Waals surface area (Å²) in [4.78, 5) is 17.4. The number of carbonyl (C=O) groups excluding carboxylic acids is 1. The lowest BCUT2D eigenvalue weighted by Crippen LogP contribution is -2.33. The number of fused-ring (bicyclic) bond motifs is 1. The second kappa shape index (κ2) is 11.6. The first kappa shape index (κ1) is 25.8. The normalized spacial score (nSPS) is 12.4. The molecule has 2 aromatic carbocycles. The molecular formula is C25H28FN3O3S2. The Kier molecular flexibility index (Phi) is 8.78. The van der Waals surface area contributed by atoms with Gasteiger partial charge in [0.1, 0.15) is 5.82 Å². The molecule has 6 nitrogen and oxygen atoms in total. The summed E-state index contributed by atoms with van der Waals surface area (Å²) in [5.41, 5.74) is 0.537. The Balaban J connectivity index is 1.92. The minimum atomic E-state index is -3.66. The standard InChI is InChI=1S/C25H28FN3O3S2/c1-4-7-17-28(18-8-5-2)34(31,32)20-14-12-19(13-15-20)24(30)27-25-29(16-6-3)23-21(26)10-9-11-22(23)33-25/h3,9-15H,4-5,7-8,16-18H2,1-2H3. The van der Waals surface area contributed by atoms with E-state index in [1.807, 2.05) is 13.8 Å². The Morgan fingerprint density at radius 1 is 1.12 bits per heavy atom. The van der Waals surface area contributed by atoms with Gasteiger partial charge in [0.15, 0.2) is 4.80 Å². The van der Waals surface area contributed by atoms with Crippen molar-refractivity contribution in [1.82, 2.24) is 8.87 Å². The molecule has 0 aliphatic carbocycles. The monoisotopic (exact) mass is 501 g/mol. The third-order valence-electron chi connectivity index (χ3n) is 5.36. The summed E-state index contributed by atoms with van der Waals surface area (Å²) in [6, 6.07) is 10.4. The Labute approximate surface area is 203 Å². The van der Waals surface area contributed by atoms with Gasteiger partial charge in [-0.05, 0) is 49.2 Å². The van der Waals surface area contributed by atoms with Crippen LogP contribution in [0.1, 0.15) is 49.9 Å². The van der Waals surface area contributed by atoms with Crippen molar-refractivity contribution in [3.8, 4) is 12.3 Å². The number of thiazole rings is 1. The molecule has 0 atom stereocenters. The molecule has 0 N–H and O–H groups in total. The molecule has 0 saturated heterocycles. The highest BCUT2D eigenvalue weighted by atomic mass is 32.2. The maximum Gasteiger partial charge on any atom is 0.279 e. The Morgan fingerprint density at radius 3 is 2.35 bits per heavy atom. The summed E-state index contributed by atoms with van der Waals surface area (Å²) in [5.74, 6) is 1.47. The Morgan fingerprint density at radius 2 is 1.76 bits per heavy atom. The fourth-order valence-corrected chi connectivity index (χ4v) is 6.06. The summed E-state index contributed by atoms with van der Waals surface area (Å²) in [5, 5.41) is 0. The highest BCUT2D eigenvalue weighted by Crippen LogP contribution is 2.21. The third-order valence-corrected chi connectivity index (χ3v) is 8.32. The maximum absolute atomic E-state index is 14.4. The van der Waals surface area contributed by atoms with Gasteiger partial charge < -0.3 is 4.57 Å². The van der Waals surface area contributed by atoms with Gasteiger partial charge in [-0.2, -0.15) is 9.30 Å². The van der Waals surface area contributed by atoms with E-state index in [4.69, 9.17) is 6.42 Å². The van der Waals surface area contributed by atoms with Crippen molar-refractivity contribution < 1.29 is 17.6 Å². The second-order valence-corrected chi connectivity index (χ2v) is 10.8. The van der Waals surface area contributed by atoms with Gasteiger partial charge in [0.05, 0.1) is 21.7 Å². The quantitative estimate of drug-likeness (QED) is 0.375. The lowest BCUT2D eigenvalue weighted by atomic mass is 10.2. The molecule has 3 aromatic rings. The van der Waals surface area contributed by atoms with E-state index in [9.17, 15) is 17.6 Å². The molecule has 1 heterocycles. The maximum atomic E-state index is 14.4. The average molecular weight is 502 g/mol. The van der Waals surface area contributed by atoms with Crippen molar-refractivity contribution in [2.75, 3.05) is 13.1 Å². The van der Waals surface area contributed by atoms with E-state index in [1.165, 1.54) is 39.2 Å². The van der Waals surface area contributed by atoms with Crippen LogP contribution in [0.4, 0.5) is 4.39 Å². The van der Waals surface area contributed by atoms with Crippen molar-refractivity contribution in [2.24, 2.45) is 4.99 Å². The van der Waals surface area contributed by atoms with E-state index in [-0.39, 0.29) is 21.8 Å². The van der Waals surface area contributed by atoms with Crippen LogP contribution in [-0.4, -0.2) is 36.3 Å². The molecule has 3 rings (SSSR count). The molecule has 34 heavy (non-hydrogen) atoms. The zero-order valence-corrected chi connectivity index (χ0v) is 21.0. The topological polar surface area (TPSA) is 71.7 Å². The van der Waals surface area contributed by atoms with Gasteiger partial charge in [-0.25, -0.2) is 12.8 Å². The van der Waals surface area contributed by atoms with Gasteiger partial charge in [-0.3, -0.25) is 4.79 Å². The number of carbonyl (C=O) groups is 1. The second-order valence-electron chi connectivity index (χ2n) is 7.81. The van der Waals surface area contributed by atoms with Gasteiger partial charge in [0.2, 0.25) is 10.0 Å². The largest absolute Gasteiger partial charge is 0.302 e. The van der Waals surface area contributed by atoms with E-state index >= 15 is 0 Å². The number of rotatable bonds is 10. The molecule has 0 bridgehead atoms. The van der Waals surface area contributed by atoms with Crippen LogP contribution >= 0.6 is 11.3 Å². The van der Waals surface area contributed by atoms with Gasteiger partial charge in [-0.1, -0.05) is 50.0 Å². The van der Waals surface area contributed by atoms with E-state index in [1.54, 1.807) is 12.1 Å². The third kappa shape index (κ3) is 5.63. The first-order chi connectivity index (χ1) is 16.3. The number of sulfonamides is 1. The van der Waals surface area contributed by atoms with Crippen LogP contribution in [-0.2, 0) is 16.6 Å². The van der Waals surface area contributed by atoms with Crippen molar-refractivity contribution >= 4 is 37.5 Å². The van der Waals surface area contributed by atoms with Crippen LogP contribution in [0.5, 0.6) is 0 Å². The van der Waals surface area contributed by atoms with Crippen molar-refractivity contribution in [1.29, 1.82) is 0 Å². The SMILES string of the molecule is C#CCn1c(=NC(=O)c2ccc(S(=O)(=O)N(CCCC)CCCC)cc2)sc2cccc(F)c21. The number of amides is 1. The minimum Gasteiger partial charge on any atom is -0.302 e. The van der Waals surface area contributed by atoms with Gasteiger partial charge >= 0.3 is 0 Å². The number of benzene rings is 2. The minimum absolute atomic E-state index is 0.0651. The van der Waals surface area contributed by atoms with Gasteiger partial charge in [0.25, 0.3) is 5.91 Å². The highest BCUT2D eigenvalue weighted by Gasteiger charge is 2.23. The molecule has 0 fully saturated rings. The number of terminal acetylenes is 1. The molecule has 0 spiro atoms. The zero-order chi connectivity index (χ0) is 24.7. The summed E-state index contributed by atoms with van der Waals surface area (Å²) in [6.07, 6.45) is 8.80. The summed E-state index contributed by atoms with van der Waals surface area (Å²) < 4.78 is 44.2. The van der Waals surface area contributed by atoms with Gasteiger partial charge in [0, 0.05) is 18.7 Å². The molecule has 0 radical (unpaired) electrons. The Hall–Kier alpha value is -2.80. The predicted octanol–water partition coefficient (Wildman–Crippen LogP) is 4.81. The summed E-state index contributed by atoms with van der Waals surface area (Å²) in [7, 11) is -3.66.